The highest BCUT2D eigenvalue weighted by Gasteiger charge is 2.32. The number of benzene rings is 2. The van der Waals surface area contributed by atoms with E-state index in [0.29, 0.717) is 23.7 Å². The lowest BCUT2D eigenvalue weighted by Gasteiger charge is -2.23. The number of nitro benzene ring substituents is 1. The molecule has 1 N–H and O–H groups in total. The van der Waals surface area contributed by atoms with E-state index in [-0.39, 0.29) is 16.9 Å². The number of amides is 1. The molecule has 0 atom stereocenters. The molecule has 0 saturated carbocycles. The Kier molecular flexibility index (Phi) is 6.02. The summed E-state index contributed by atoms with van der Waals surface area (Å²) in [6.45, 7) is 1.37. The Balaban J connectivity index is 1.96. The minimum Gasteiger partial charge on any atom is -0.370 e. The van der Waals surface area contributed by atoms with E-state index < -0.39 is 22.6 Å². The highest BCUT2D eigenvalue weighted by Crippen LogP contribution is 2.37. The number of halogens is 3. The van der Waals surface area contributed by atoms with Gasteiger partial charge >= 0.3 is 6.18 Å². The molecule has 154 valence electrons. The van der Waals surface area contributed by atoms with Crippen LogP contribution in [0.3, 0.4) is 0 Å². The predicted octanol–water partition coefficient (Wildman–Crippen LogP) is 5.19. The normalized spacial score (nSPS) is 14.1. The Morgan fingerprint density at radius 2 is 1.86 bits per heavy atom. The van der Waals surface area contributed by atoms with Gasteiger partial charge in [0.15, 0.2) is 0 Å². The van der Waals surface area contributed by atoms with E-state index in [9.17, 15) is 28.1 Å². The topological polar surface area (TPSA) is 75.5 Å². The summed E-state index contributed by atoms with van der Waals surface area (Å²) >= 11 is 1.17. The summed E-state index contributed by atoms with van der Waals surface area (Å²) in [4.78, 5) is 25.6. The minimum atomic E-state index is -4.55. The first-order valence-corrected chi connectivity index (χ1v) is 10.0. The molecule has 1 aliphatic heterocycles. The molecule has 0 unspecified atom stereocenters. The number of nitrogens with zero attached hydrogens (tertiary/aromatic N) is 2. The van der Waals surface area contributed by atoms with Crippen LogP contribution < -0.4 is 10.2 Å². The second kappa shape index (κ2) is 8.32. The number of thioether (sulfide) groups is 1. The van der Waals surface area contributed by atoms with E-state index >= 15 is 0 Å². The van der Waals surface area contributed by atoms with Crippen molar-refractivity contribution in [3.63, 3.8) is 0 Å². The zero-order valence-corrected chi connectivity index (χ0v) is 16.3. The van der Waals surface area contributed by atoms with Gasteiger partial charge in [-0.2, -0.15) is 13.2 Å². The van der Waals surface area contributed by atoms with E-state index in [4.69, 9.17) is 0 Å². The van der Waals surface area contributed by atoms with Crippen LogP contribution in [-0.4, -0.2) is 30.2 Å². The zero-order valence-electron chi connectivity index (χ0n) is 15.5. The van der Waals surface area contributed by atoms with Crippen molar-refractivity contribution in [3.05, 3.63) is 57.6 Å². The quantitative estimate of drug-likeness (QED) is 0.405. The summed E-state index contributed by atoms with van der Waals surface area (Å²) < 4.78 is 39.5. The van der Waals surface area contributed by atoms with Gasteiger partial charge < -0.3 is 10.2 Å². The van der Waals surface area contributed by atoms with Gasteiger partial charge in [-0.05, 0) is 49.4 Å². The van der Waals surface area contributed by atoms with Crippen LogP contribution in [0.2, 0.25) is 0 Å². The zero-order chi connectivity index (χ0) is 21.2. The number of hydrogen-bond donors (Lipinski definition) is 1. The Hall–Kier alpha value is -2.75. The van der Waals surface area contributed by atoms with Crippen LogP contribution in [-0.2, 0) is 6.18 Å². The lowest BCUT2D eigenvalue weighted by molar-refractivity contribution is -0.387. The van der Waals surface area contributed by atoms with Crippen molar-refractivity contribution in [2.75, 3.05) is 29.6 Å². The molecule has 6 nitrogen and oxygen atoms in total. The van der Waals surface area contributed by atoms with Crippen LogP contribution in [0.5, 0.6) is 0 Å². The number of carbonyl (C=O) groups excluding carboxylic acids is 1. The van der Waals surface area contributed by atoms with E-state index in [2.05, 4.69) is 5.32 Å². The molecule has 0 bridgehead atoms. The third-order valence-corrected chi connectivity index (χ3v) is 5.44. The van der Waals surface area contributed by atoms with Gasteiger partial charge in [-0.3, -0.25) is 14.9 Å². The van der Waals surface area contributed by atoms with Gasteiger partial charge in [-0.1, -0.05) is 0 Å². The highest BCUT2D eigenvalue weighted by molar-refractivity contribution is 7.98. The third-order valence-electron chi connectivity index (χ3n) is 4.66. The summed E-state index contributed by atoms with van der Waals surface area (Å²) in [5, 5.41) is 13.7. The van der Waals surface area contributed by atoms with Crippen molar-refractivity contribution in [2.45, 2.75) is 23.9 Å². The summed E-state index contributed by atoms with van der Waals surface area (Å²) in [7, 11) is 0. The second-order valence-electron chi connectivity index (χ2n) is 6.52. The van der Waals surface area contributed by atoms with Crippen molar-refractivity contribution < 1.29 is 22.9 Å². The fourth-order valence-corrected chi connectivity index (χ4v) is 3.76. The van der Waals surface area contributed by atoms with Crippen LogP contribution in [0.1, 0.15) is 28.8 Å². The van der Waals surface area contributed by atoms with Crippen LogP contribution >= 0.6 is 11.8 Å². The SMILES string of the molecule is CSc1ccc(C(=O)Nc2cc(C(F)(F)F)ccc2N2CCCC2)cc1[N+](=O)[O-]. The maximum absolute atomic E-state index is 13.2. The van der Waals surface area contributed by atoms with E-state index in [1.54, 1.807) is 6.26 Å². The first-order valence-electron chi connectivity index (χ1n) is 8.80. The number of alkyl halides is 3. The van der Waals surface area contributed by atoms with Crippen molar-refractivity contribution in [1.82, 2.24) is 0 Å². The number of nitro groups is 1. The maximum Gasteiger partial charge on any atom is 0.416 e. The first-order chi connectivity index (χ1) is 13.7. The average molecular weight is 425 g/mol. The van der Waals surface area contributed by atoms with Gasteiger partial charge in [-0.15, -0.1) is 11.8 Å². The van der Waals surface area contributed by atoms with Gasteiger partial charge in [0.05, 0.1) is 26.8 Å². The van der Waals surface area contributed by atoms with E-state index in [1.807, 2.05) is 4.90 Å². The third kappa shape index (κ3) is 4.64. The molecule has 0 radical (unpaired) electrons. The smallest absolute Gasteiger partial charge is 0.370 e. The van der Waals surface area contributed by atoms with Crippen LogP contribution in [0.4, 0.5) is 30.2 Å². The second-order valence-corrected chi connectivity index (χ2v) is 7.37. The van der Waals surface area contributed by atoms with Crippen LogP contribution in [0.25, 0.3) is 0 Å². The van der Waals surface area contributed by atoms with Crippen molar-refractivity contribution in [1.29, 1.82) is 0 Å². The van der Waals surface area contributed by atoms with Gasteiger partial charge in [0, 0.05) is 24.7 Å². The van der Waals surface area contributed by atoms with E-state index in [0.717, 1.165) is 31.0 Å². The standard InChI is InChI=1S/C19H18F3N3O3S/c1-29-17-7-4-12(10-16(17)25(27)28)18(26)23-14-11-13(19(20,21)22)5-6-15(14)24-8-2-3-9-24/h4-7,10-11H,2-3,8-9H2,1H3,(H,23,26). The summed E-state index contributed by atoms with van der Waals surface area (Å²) in [5.41, 5.74) is -0.574. The number of carbonyl (C=O) groups is 1. The molecule has 1 aliphatic rings. The molecule has 1 heterocycles. The molecular weight excluding hydrogens is 407 g/mol. The predicted molar refractivity (Wildman–Crippen MR) is 106 cm³/mol. The van der Waals surface area contributed by atoms with Gasteiger partial charge in [0.25, 0.3) is 11.6 Å². The van der Waals surface area contributed by atoms with Crippen LogP contribution in [0.15, 0.2) is 41.3 Å². The van der Waals surface area contributed by atoms with Crippen molar-refractivity contribution in [3.8, 4) is 0 Å². The molecule has 0 aliphatic carbocycles. The summed E-state index contributed by atoms with van der Waals surface area (Å²) in [6, 6.07) is 7.23. The van der Waals surface area contributed by atoms with Crippen molar-refractivity contribution >= 4 is 34.7 Å². The van der Waals surface area contributed by atoms with Gasteiger partial charge in [0.1, 0.15) is 0 Å². The molecule has 0 aromatic heterocycles. The van der Waals surface area contributed by atoms with Crippen molar-refractivity contribution in [2.24, 2.45) is 0 Å². The molecule has 0 spiro atoms. The maximum atomic E-state index is 13.2. The fourth-order valence-electron chi connectivity index (χ4n) is 3.21. The Labute approximate surface area is 169 Å². The monoisotopic (exact) mass is 425 g/mol. The Morgan fingerprint density at radius 3 is 2.45 bits per heavy atom. The first kappa shape index (κ1) is 21.0. The Bertz CT molecular complexity index is 944. The molecule has 2 aromatic rings. The number of hydrogen-bond acceptors (Lipinski definition) is 5. The molecular formula is C19H18F3N3O3S. The molecule has 29 heavy (non-hydrogen) atoms. The largest absolute Gasteiger partial charge is 0.416 e. The lowest BCUT2D eigenvalue weighted by Crippen LogP contribution is -2.22. The Morgan fingerprint density at radius 1 is 1.17 bits per heavy atom. The highest BCUT2D eigenvalue weighted by atomic mass is 32.2. The molecule has 1 saturated heterocycles. The molecule has 10 heteroatoms. The molecule has 3 rings (SSSR count). The number of rotatable bonds is 5. The molecule has 1 amide bonds. The van der Waals surface area contributed by atoms with Gasteiger partial charge in [-0.25, -0.2) is 0 Å². The van der Waals surface area contributed by atoms with Crippen LogP contribution in [0, 0.1) is 10.1 Å². The summed E-state index contributed by atoms with van der Waals surface area (Å²) in [6.07, 6.45) is -1.05. The van der Waals surface area contributed by atoms with E-state index in [1.165, 1.54) is 30.0 Å². The average Bonchev–Trinajstić information content (AvgIpc) is 3.21. The van der Waals surface area contributed by atoms with Gasteiger partial charge in [0.2, 0.25) is 0 Å². The summed E-state index contributed by atoms with van der Waals surface area (Å²) in [5.74, 6) is -0.708. The lowest BCUT2D eigenvalue weighted by atomic mass is 10.1. The number of anilines is 2. The number of nitrogens with one attached hydrogen (secondary N) is 1. The fraction of sp³-hybridized carbons (Fsp3) is 0.316. The molecule has 1 fully saturated rings. The minimum absolute atomic E-state index is 0.000663. The molecule has 2 aromatic carbocycles.